The molecule has 164 valence electrons. The highest BCUT2D eigenvalue weighted by molar-refractivity contribution is 5.77. The van der Waals surface area contributed by atoms with E-state index in [9.17, 15) is 9.59 Å². The zero-order valence-corrected chi connectivity index (χ0v) is 18.0. The molecular weight excluding hydrogens is 383 g/mol. The number of nitrogens with zero attached hydrogens (tertiary/aromatic N) is 2. The van der Waals surface area contributed by atoms with E-state index in [1.807, 2.05) is 13.8 Å². The average Bonchev–Trinajstić information content (AvgIpc) is 3.07. The van der Waals surface area contributed by atoms with Crippen LogP contribution in [0.15, 0.2) is 10.6 Å². The van der Waals surface area contributed by atoms with Gasteiger partial charge in [0.05, 0.1) is 7.11 Å². The summed E-state index contributed by atoms with van der Waals surface area (Å²) in [6.45, 7) is 9.37. The topological polar surface area (TPSA) is 91.1 Å². The Morgan fingerprint density at radius 3 is 2.45 bits per heavy atom. The second kappa shape index (κ2) is 9.00. The molecule has 1 aliphatic rings. The summed E-state index contributed by atoms with van der Waals surface area (Å²) in [5, 5.41) is 3.78. The highest BCUT2D eigenvalue weighted by Gasteiger charge is 2.38. The minimum Gasteiger partial charge on any atom is -0.472 e. The Morgan fingerprint density at radius 1 is 1.31 bits per heavy atom. The maximum atomic E-state index is 15.1. The Hall–Kier alpha value is -2.32. The number of esters is 1. The summed E-state index contributed by atoms with van der Waals surface area (Å²) in [7, 11) is 1.31. The molecule has 1 saturated heterocycles. The van der Waals surface area contributed by atoms with Crippen LogP contribution in [0.5, 0.6) is 5.88 Å². The average molecular weight is 414 g/mol. The van der Waals surface area contributed by atoms with E-state index in [1.165, 1.54) is 18.1 Å². The molecule has 8 nitrogen and oxygen atoms in total. The summed E-state index contributed by atoms with van der Waals surface area (Å²) in [6, 6.07) is 1.49. The summed E-state index contributed by atoms with van der Waals surface area (Å²) >= 11 is 0. The number of alkyl halides is 1. The fourth-order valence-electron chi connectivity index (χ4n) is 3.09. The van der Waals surface area contributed by atoms with Gasteiger partial charge in [-0.3, -0.25) is 4.79 Å². The van der Waals surface area contributed by atoms with Crippen molar-refractivity contribution < 1.29 is 32.7 Å². The van der Waals surface area contributed by atoms with Gasteiger partial charge >= 0.3 is 12.1 Å². The van der Waals surface area contributed by atoms with Gasteiger partial charge in [-0.05, 0) is 31.8 Å². The van der Waals surface area contributed by atoms with Crippen LogP contribution in [0.2, 0.25) is 0 Å². The van der Waals surface area contributed by atoms with Gasteiger partial charge in [0.2, 0.25) is 0 Å². The Bertz CT molecular complexity index is 704. The van der Waals surface area contributed by atoms with E-state index in [1.54, 1.807) is 20.8 Å². The first kappa shape index (κ1) is 23.0. The minimum atomic E-state index is -1.59. The second-order valence-electron chi connectivity index (χ2n) is 8.72. The number of carbonyl (C=O) groups excluding carboxylic acids is 2. The maximum absolute atomic E-state index is 15.1. The van der Waals surface area contributed by atoms with Crippen LogP contribution in [0.25, 0.3) is 0 Å². The van der Waals surface area contributed by atoms with Gasteiger partial charge in [-0.1, -0.05) is 13.8 Å². The number of hydrogen-bond acceptors (Lipinski definition) is 7. The van der Waals surface area contributed by atoms with E-state index in [-0.39, 0.29) is 44.3 Å². The van der Waals surface area contributed by atoms with Crippen molar-refractivity contribution in [2.24, 2.45) is 5.92 Å². The van der Waals surface area contributed by atoms with Crippen molar-refractivity contribution in [2.45, 2.75) is 64.6 Å². The van der Waals surface area contributed by atoms with Crippen LogP contribution in [0, 0.1) is 5.92 Å². The minimum absolute atomic E-state index is 0.0621. The highest BCUT2D eigenvalue weighted by Crippen LogP contribution is 2.31. The summed E-state index contributed by atoms with van der Waals surface area (Å²) in [6.07, 6.45) is -0.175. The van der Waals surface area contributed by atoms with Gasteiger partial charge in [0.1, 0.15) is 23.8 Å². The van der Waals surface area contributed by atoms with E-state index < -0.39 is 29.3 Å². The Labute approximate surface area is 170 Å². The van der Waals surface area contributed by atoms with Gasteiger partial charge in [-0.2, -0.15) is 0 Å². The highest BCUT2D eigenvalue weighted by atomic mass is 19.1. The molecule has 2 heterocycles. The monoisotopic (exact) mass is 414 g/mol. The van der Waals surface area contributed by atoms with Crippen molar-refractivity contribution in [1.29, 1.82) is 0 Å². The largest absolute Gasteiger partial charge is 0.472 e. The molecule has 0 bridgehead atoms. The number of hydrogen-bond donors (Lipinski definition) is 0. The van der Waals surface area contributed by atoms with Crippen molar-refractivity contribution in [2.75, 3.05) is 26.8 Å². The third-order valence-electron chi connectivity index (χ3n) is 4.73. The van der Waals surface area contributed by atoms with Crippen molar-refractivity contribution in [3.8, 4) is 5.88 Å². The van der Waals surface area contributed by atoms with Gasteiger partial charge in [0, 0.05) is 32.0 Å². The lowest BCUT2D eigenvalue weighted by Gasteiger charge is -2.36. The molecule has 1 aliphatic heterocycles. The number of carbonyl (C=O) groups is 2. The number of rotatable bonds is 6. The third kappa shape index (κ3) is 6.33. The summed E-state index contributed by atoms with van der Waals surface area (Å²) in [5.41, 5.74) is -2.18. The Kier molecular flexibility index (Phi) is 7.13. The normalized spacial score (nSPS) is 17.7. The van der Waals surface area contributed by atoms with Crippen LogP contribution in [0.4, 0.5) is 9.18 Å². The van der Waals surface area contributed by atoms with Crippen molar-refractivity contribution in [1.82, 2.24) is 10.1 Å². The second-order valence-corrected chi connectivity index (χ2v) is 8.72. The van der Waals surface area contributed by atoms with Crippen LogP contribution in [-0.4, -0.2) is 60.2 Å². The van der Waals surface area contributed by atoms with Gasteiger partial charge in [0.25, 0.3) is 5.88 Å². The molecule has 0 saturated carbocycles. The van der Waals surface area contributed by atoms with E-state index in [0.29, 0.717) is 5.76 Å². The Morgan fingerprint density at radius 2 is 1.93 bits per heavy atom. The van der Waals surface area contributed by atoms with Gasteiger partial charge < -0.3 is 23.6 Å². The van der Waals surface area contributed by atoms with Crippen LogP contribution in [-0.2, 0) is 14.3 Å². The smallest absolute Gasteiger partial charge is 0.410 e. The number of likely N-dealkylation sites (tertiary alicyclic amines) is 1. The molecule has 1 aromatic heterocycles. The molecule has 1 unspecified atom stereocenters. The molecule has 29 heavy (non-hydrogen) atoms. The lowest BCUT2D eigenvalue weighted by Crippen LogP contribution is -2.48. The molecule has 0 N–H and O–H groups in total. The van der Waals surface area contributed by atoms with Crippen molar-refractivity contribution in [3.63, 3.8) is 0 Å². The molecule has 0 aliphatic carbocycles. The number of ether oxygens (including phenoxy) is 3. The molecule has 1 amide bonds. The van der Waals surface area contributed by atoms with Crippen LogP contribution in [0.1, 0.15) is 59.1 Å². The molecule has 0 radical (unpaired) electrons. The van der Waals surface area contributed by atoms with Crippen molar-refractivity contribution in [3.05, 3.63) is 11.8 Å². The first-order chi connectivity index (χ1) is 13.4. The Balaban J connectivity index is 1.90. The lowest BCUT2D eigenvalue weighted by atomic mass is 9.93. The first-order valence-corrected chi connectivity index (χ1v) is 9.78. The van der Waals surface area contributed by atoms with Gasteiger partial charge in [-0.25, -0.2) is 9.18 Å². The maximum Gasteiger partial charge on any atom is 0.410 e. The fourth-order valence-corrected chi connectivity index (χ4v) is 3.09. The zero-order valence-electron chi connectivity index (χ0n) is 18.0. The predicted octanol–water partition coefficient (Wildman–Crippen LogP) is 3.71. The molecule has 0 aromatic carbocycles. The molecule has 1 fully saturated rings. The van der Waals surface area contributed by atoms with E-state index in [4.69, 9.17) is 18.7 Å². The van der Waals surface area contributed by atoms with Crippen molar-refractivity contribution >= 4 is 12.1 Å². The molecular formula is C20H31FN2O6. The van der Waals surface area contributed by atoms with Gasteiger partial charge in [0.15, 0.2) is 5.76 Å². The third-order valence-corrected chi connectivity index (χ3v) is 4.73. The fraction of sp³-hybridized carbons (Fsp3) is 0.750. The zero-order chi connectivity index (χ0) is 21.8. The van der Waals surface area contributed by atoms with Gasteiger partial charge in [-0.15, -0.1) is 0 Å². The summed E-state index contributed by atoms with van der Waals surface area (Å²) in [5.74, 6) is -0.677. The summed E-state index contributed by atoms with van der Waals surface area (Å²) < 4.78 is 35.9. The van der Waals surface area contributed by atoms with E-state index >= 15 is 4.39 Å². The predicted molar refractivity (Wildman–Crippen MR) is 102 cm³/mol. The molecule has 1 atom stereocenters. The lowest BCUT2D eigenvalue weighted by molar-refractivity contribution is -0.144. The summed E-state index contributed by atoms with van der Waals surface area (Å²) in [4.78, 5) is 25.5. The quantitative estimate of drug-likeness (QED) is 0.655. The molecule has 9 heteroatoms. The number of halogens is 1. The number of piperidine rings is 1. The number of aromatic nitrogens is 1. The van der Waals surface area contributed by atoms with Crippen LogP contribution < -0.4 is 4.74 Å². The number of methoxy groups -OCH3 is 1. The van der Waals surface area contributed by atoms with E-state index in [0.717, 1.165) is 0 Å². The first-order valence-electron chi connectivity index (χ1n) is 9.78. The SMILES string of the molecule is COC(=O)C(c1cc(OCC2(F)CCN(C(=O)OC(C)(C)C)CC2)no1)C(C)C. The number of amides is 1. The van der Waals surface area contributed by atoms with Crippen LogP contribution in [0.3, 0.4) is 0 Å². The van der Waals surface area contributed by atoms with Crippen LogP contribution >= 0.6 is 0 Å². The van der Waals surface area contributed by atoms with E-state index in [2.05, 4.69) is 5.16 Å². The molecule has 2 rings (SSSR count). The molecule has 1 aromatic rings. The standard InChI is InChI=1S/C20H31FN2O6/c1-13(2)16(17(24)26-6)14-11-15(22-29-14)27-12-20(21)7-9-23(10-8-20)18(25)28-19(3,4)5/h11,13,16H,7-10,12H2,1-6H3. The molecule has 0 spiro atoms.